The molecule has 0 radical (unpaired) electrons. The van der Waals surface area contributed by atoms with Gasteiger partial charge in [-0.05, 0) is 18.6 Å². The van der Waals surface area contributed by atoms with Gasteiger partial charge in [0.25, 0.3) is 0 Å². The van der Waals surface area contributed by atoms with E-state index in [0.29, 0.717) is 0 Å². The van der Waals surface area contributed by atoms with Gasteiger partial charge in [0.1, 0.15) is 0 Å². The van der Waals surface area contributed by atoms with Crippen LogP contribution in [0.5, 0.6) is 0 Å². The number of nitrogens with zero attached hydrogens (tertiary/aromatic N) is 1. The number of thiazole rings is 1. The maximum absolute atomic E-state index is 9.91. The normalized spacial score (nSPS) is 15.0. The number of para-hydroxylation sites is 1. The van der Waals surface area contributed by atoms with Gasteiger partial charge in [-0.15, -0.1) is 11.3 Å². The molecule has 0 aliphatic carbocycles. The molecule has 2 nitrogen and oxygen atoms in total. The van der Waals surface area contributed by atoms with E-state index in [1.165, 1.54) is 4.70 Å². The molecule has 4 heteroatoms. The van der Waals surface area contributed by atoms with E-state index in [1.807, 2.05) is 18.2 Å². The number of thioether (sulfide) groups is 1. The summed E-state index contributed by atoms with van der Waals surface area (Å²) in [6, 6.07) is 8.16. The van der Waals surface area contributed by atoms with Crippen LogP contribution >= 0.6 is 23.1 Å². The number of benzene rings is 1. The Morgan fingerprint density at radius 2 is 2.18 bits per heavy atom. The molecule has 1 N–H and O–H groups in total. The maximum atomic E-state index is 9.91. The van der Waals surface area contributed by atoms with Crippen LogP contribution in [0.25, 0.3) is 10.2 Å². The third kappa shape index (κ3) is 3.21. The van der Waals surface area contributed by atoms with E-state index >= 15 is 0 Å². The summed E-state index contributed by atoms with van der Waals surface area (Å²) in [7, 11) is 0. The average molecular weight is 267 g/mol. The fourth-order valence-corrected chi connectivity index (χ4v) is 4.05. The molecule has 2 rings (SSSR count). The number of aromatic nitrogens is 1. The Hall–Kier alpha value is -0.580. The van der Waals surface area contributed by atoms with Crippen LogP contribution in [0.15, 0.2) is 28.6 Å². The van der Waals surface area contributed by atoms with E-state index < -0.39 is 0 Å². The summed E-state index contributed by atoms with van der Waals surface area (Å²) < 4.78 is 2.26. The molecule has 1 aromatic carbocycles. The summed E-state index contributed by atoms with van der Waals surface area (Å²) >= 11 is 3.38. The predicted molar refractivity (Wildman–Crippen MR) is 75.9 cm³/mol. The number of rotatable bonds is 5. The molecule has 0 amide bonds. The fraction of sp³-hybridized carbons (Fsp3) is 0.462. The fourth-order valence-electron chi connectivity index (χ4n) is 1.67. The number of aliphatic hydroxyl groups is 1. The van der Waals surface area contributed by atoms with Gasteiger partial charge in [-0.25, -0.2) is 4.98 Å². The quantitative estimate of drug-likeness (QED) is 0.833. The number of hydrogen-bond donors (Lipinski definition) is 1. The highest BCUT2D eigenvalue weighted by Crippen LogP contribution is 2.33. The first kappa shape index (κ1) is 12.9. The van der Waals surface area contributed by atoms with Crippen LogP contribution in [-0.2, 0) is 0 Å². The first-order valence-electron chi connectivity index (χ1n) is 5.91. The highest BCUT2D eigenvalue weighted by Gasteiger charge is 2.16. The minimum atomic E-state index is -0.239. The zero-order chi connectivity index (χ0) is 12.3. The molecule has 0 aliphatic heterocycles. The second-order valence-corrected chi connectivity index (χ2v) is 6.78. The Morgan fingerprint density at radius 1 is 1.41 bits per heavy atom. The van der Waals surface area contributed by atoms with Crippen LogP contribution in [0, 0.1) is 0 Å². The predicted octanol–water partition coefficient (Wildman–Crippen LogP) is 3.94. The maximum Gasteiger partial charge on any atom is 0.151 e. The number of fused-ring (bicyclic) bond motifs is 1. The van der Waals surface area contributed by atoms with Gasteiger partial charge >= 0.3 is 0 Å². The van der Waals surface area contributed by atoms with Crippen molar-refractivity contribution in [3.05, 3.63) is 24.3 Å². The monoisotopic (exact) mass is 267 g/mol. The Kier molecular flexibility index (Phi) is 4.42. The molecule has 0 fully saturated rings. The van der Waals surface area contributed by atoms with Gasteiger partial charge < -0.3 is 5.11 Å². The van der Waals surface area contributed by atoms with Crippen molar-refractivity contribution < 1.29 is 5.11 Å². The summed E-state index contributed by atoms with van der Waals surface area (Å²) in [5.74, 6) is 0. The molecule has 2 atom stereocenters. The van der Waals surface area contributed by atoms with Crippen molar-refractivity contribution in [2.75, 3.05) is 0 Å². The molecule has 2 aromatic rings. The summed E-state index contributed by atoms with van der Waals surface area (Å²) in [5, 5.41) is 10.1. The van der Waals surface area contributed by atoms with E-state index in [4.69, 9.17) is 0 Å². The molecular weight excluding hydrogens is 250 g/mol. The second-order valence-electron chi connectivity index (χ2n) is 4.13. The van der Waals surface area contributed by atoms with E-state index in [-0.39, 0.29) is 11.4 Å². The largest absolute Gasteiger partial charge is 0.392 e. The van der Waals surface area contributed by atoms with Crippen LogP contribution in [0.4, 0.5) is 0 Å². The van der Waals surface area contributed by atoms with Gasteiger partial charge in [0.2, 0.25) is 0 Å². The minimum Gasteiger partial charge on any atom is -0.392 e. The van der Waals surface area contributed by atoms with Gasteiger partial charge in [-0.3, -0.25) is 0 Å². The summed E-state index contributed by atoms with van der Waals surface area (Å²) in [4.78, 5) is 4.57. The van der Waals surface area contributed by atoms with Crippen LogP contribution in [-0.4, -0.2) is 21.4 Å². The highest BCUT2D eigenvalue weighted by molar-refractivity contribution is 8.01. The first-order valence-corrected chi connectivity index (χ1v) is 7.60. The van der Waals surface area contributed by atoms with E-state index in [0.717, 1.165) is 22.7 Å². The zero-order valence-electron chi connectivity index (χ0n) is 10.1. The lowest BCUT2D eigenvalue weighted by molar-refractivity contribution is 0.165. The molecule has 0 spiro atoms. The van der Waals surface area contributed by atoms with Crippen molar-refractivity contribution >= 4 is 33.3 Å². The molecule has 0 saturated heterocycles. The Labute approximate surface area is 110 Å². The molecular formula is C13H17NOS2. The van der Waals surface area contributed by atoms with E-state index in [2.05, 4.69) is 24.9 Å². The number of aliphatic hydroxyl groups excluding tert-OH is 1. The third-order valence-corrected chi connectivity index (χ3v) is 5.04. The van der Waals surface area contributed by atoms with E-state index in [9.17, 15) is 5.11 Å². The molecule has 0 bridgehead atoms. The molecule has 17 heavy (non-hydrogen) atoms. The molecule has 0 aliphatic rings. The average Bonchev–Trinajstić information content (AvgIpc) is 2.71. The van der Waals surface area contributed by atoms with Crippen molar-refractivity contribution in [2.45, 2.75) is 42.4 Å². The number of hydrogen-bond acceptors (Lipinski definition) is 4. The Morgan fingerprint density at radius 3 is 2.88 bits per heavy atom. The third-order valence-electron chi connectivity index (χ3n) is 2.69. The van der Waals surface area contributed by atoms with Crippen molar-refractivity contribution in [1.82, 2.24) is 4.98 Å². The second kappa shape index (κ2) is 5.85. The summed E-state index contributed by atoms with van der Waals surface area (Å²) in [6.45, 7) is 4.16. The van der Waals surface area contributed by atoms with Crippen LogP contribution in [0.3, 0.4) is 0 Å². The first-order chi connectivity index (χ1) is 8.20. The smallest absolute Gasteiger partial charge is 0.151 e. The lowest BCUT2D eigenvalue weighted by Gasteiger charge is -2.15. The SMILES string of the molecule is CCCC(O)C(C)Sc1nc2ccccc2s1. The minimum absolute atomic E-state index is 0.204. The Balaban J connectivity index is 2.07. The van der Waals surface area contributed by atoms with Crippen LogP contribution in [0.1, 0.15) is 26.7 Å². The molecule has 2 unspecified atom stereocenters. The van der Waals surface area contributed by atoms with Gasteiger partial charge in [-0.1, -0.05) is 44.2 Å². The zero-order valence-corrected chi connectivity index (χ0v) is 11.7. The lowest BCUT2D eigenvalue weighted by Crippen LogP contribution is -2.19. The standard InChI is InChI=1S/C13H17NOS2/c1-3-6-11(15)9(2)16-13-14-10-7-4-5-8-12(10)17-13/h4-5,7-9,11,15H,3,6H2,1-2H3. The van der Waals surface area contributed by atoms with E-state index in [1.54, 1.807) is 23.1 Å². The van der Waals surface area contributed by atoms with Gasteiger partial charge in [0, 0.05) is 5.25 Å². The molecule has 1 aromatic heterocycles. The Bertz CT molecular complexity index is 450. The topological polar surface area (TPSA) is 33.1 Å². The van der Waals surface area contributed by atoms with Crippen molar-refractivity contribution in [3.8, 4) is 0 Å². The highest BCUT2D eigenvalue weighted by atomic mass is 32.2. The van der Waals surface area contributed by atoms with Gasteiger partial charge in [0.15, 0.2) is 4.34 Å². The summed E-state index contributed by atoms with van der Waals surface area (Å²) in [6.07, 6.45) is 1.64. The molecule has 92 valence electrons. The van der Waals surface area contributed by atoms with Gasteiger partial charge in [-0.2, -0.15) is 0 Å². The van der Waals surface area contributed by atoms with Crippen molar-refractivity contribution in [3.63, 3.8) is 0 Å². The van der Waals surface area contributed by atoms with Crippen molar-refractivity contribution in [1.29, 1.82) is 0 Å². The van der Waals surface area contributed by atoms with Gasteiger partial charge in [0.05, 0.1) is 16.3 Å². The van der Waals surface area contributed by atoms with Crippen LogP contribution < -0.4 is 0 Å². The van der Waals surface area contributed by atoms with Crippen molar-refractivity contribution in [2.24, 2.45) is 0 Å². The van der Waals surface area contributed by atoms with Crippen LogP contribution in [0.2, 0.25) is 0 Å². The molecule has 0 saturated carbocycles. The molecule has 1 heterocycles. The lowest BCUT2D eigenvalue weighted by atomic mass is 10.2. The summed E-state index contributed by atoms with van der Waals surface area (Å²) in [5.41, 5.74) is 1.05.